The molecule has 2 rings (SSSR count). The number of nitrogens with one attached hydrogen (secondary N) is 1. The molecule has 3 nitrogen and oxygen atoms in total. The molecule has 0 amide bonds. The lowest BCUT2D eigenvalue weighted by Gasteiger charge is -2.16. The predicted octanol–water partition coefficient (Wildman–Crippen LogP) is 4.28. The van der Waals surface area contributed by atoms with Crippen LogP contribution in [-0.2, 0) is 6.54 Å². The maximum atomic E-state index is 6.45. The number of benzene rings is 1. The largest absolute Gasteiger partial charge is 0.310 e. The monoisotopic (exact) mass is 291 g/mol. The molecule has 4 heteroatoms. The Morgan fingerprint density at radius 1 is 1.30 bits per heavy atom. The smallest absolute Gasteiger partial charge is 0.0682 e. The lowest BCUT2D eigenvalue weighted by Crippen LogP contribution is -2.19. The Morgan fingerprint density at radius 3 is 2.75 bits per heavy atom. The van der Waals surface area contributed by atoms with E-state index in [1.807, 2.05) is 23.0 Å². The Kier molecular flexibility index (Phi) is 5.21. The Morgan fingerprint density at radius 2 is 2.10 bits per heavy atom. The van der Waals surface area contributed by atoms with Gasteiger partial charge in [-0.15, -0.1) is 0 Å². The van der Waals surface area contributed by atoms with Crippen LogP contribution in [0.4, 0.5) is 0 Å². The van der Waals surface area contributed by atoms with E-state index >= 15 is 0 Å². The van der Waals surface area contributed by atoms with E-state index in [0.29, 0.717) is 0 Å². The van der Waals surface area contributed by atoms with Gasteiger partial charge >= 0.3 is 0 Å². The van der Waals surface area contributed by atoms with Gasteiger partial charge in [0, 0.05) is 29.4 Å². The number of hydrogen-bond acceptors (Lipinski definition) is 2. The SMILES string of the molecule is CCCNC(C)c1ccc(-c2ccnn2CC)cc1Cl. The van der Waals surface area contributed by atoms with Crippen molar-refractivity contribution in [3.05, 3.63) is 41.0 Å². The van der Waals surface area contributed by atoms with Crippen molar-refractivity contribution in [2.75, 3.05) is 6.54 Å². The van der Waals surface area contributed by atoms with Gasteiger partial charge in [0.15, 0.2) is 0 Å². The summed E-state index contributed by atoms with van der Waals surface area (Å²) < 4.78 is 1.98. The summed E-state index contributed by atoms with van der Waals surface area (Å²) in [5, 5.41) is 8.57. The van der Waals surface area contributed by atoms with Crippen molar-refractivity contribution < 1.29 is 0 Å². The van der Waals surface area contributed by atoms with E-state index in [-0.39, 0.29) is 6.04 Å². The highest BCUT2D eigenvalue weighted by Crippen LogP contribution is 2.29. The Balaban J connectivity index is 2.26. The van der Waals surface area contributed by atoms with Crippen LogP contribution in [0.2, 0.25) is 5.02 Å². The molecule has 0 spiro atoms. The third kappa shape index (κ3) is 3.22. The molecule has 20 heavy (non-hydrogen) atoms. The molecule has 0 bridgehead atoms. The minimum absolute atomic E-state index is 0.271. The molecule has 1 aromatic carbocycles. The van der Waals surface area contributed by atoms with Gasteiger partial charge in [-0.25, -0.2) is 0 Å². The highest BCUT2D eigenvalue weighted by atomic mass is 35.5. The molecule has 0 radical (unpaired) electrons. The van der Waals surface area contributed by atoms with Crippen molar-refractivity contribution in [3.63, 3.8) is 0 Å². The van der Waals surface area contributed by atoms with Gasteiger partial charge in [-0.3, -0.25) is 4.68 Å². The van der Waals surface area contributed by atoms with Crippen LogP contribution < -0.4 is 5.32 Å². The number of aryl methyl sites for hydroxylation is 1. The van der Waals surface area contributed by atoms with Gasteiger partial charge in [0.2, 0.25) is 0 Å². The van der Waals surface area contributed by atoms with E-state index in [4.69, 9.17) is 11.6 Å². The third-order valence-corrected chi connectivity index (χ3v) is 3.81. The topological polar surface area (TPSA) is 29.9 Å². The summed E-state index contributed by atoms with van der Waals surface area (Å²) in [5.74, 6) is 0. The first-order chi connectivity index (χ1) is 9.67. The zero-order valence-electron chi connectivity index (χ0n) is 12.4. The molecule has 108 valence electrons. The van der Waals surface area contributed by atoms with Crippen LogP contribution >= 0.6 is 11.6 Å². The molecule has 0 aliphatic carbocycles. The van der Waals surface area contributed by atoms with Crippen molar-refractivity contribution in [3.8, 4) is 11.3 Å². The molecule has 0 aliphatic rings. The molecule has 1 aromatic heterocycles. The highest BCUT2D eigenvalue weighted by molar-refractivity contribution is 6.31. The quantitative estimate of drug-likeness (QED) is 0.861. The molecule has 0 saturated heterocycles. The first kappa shape index (κ1) is 15.1. The molecule has 0 aliphatic heterocycles. The summed E-state index contributed by atoms with van der Waals surface area (Å²) >= 11 is 6.45. The van der Waals surface area contributed by atoms with Crippen molar-refractivity contribution in [2.24, 2.45) is 0 Å². The average molecular weight is 292 g/mol. The highest BCUT2D eigenvalue weighted by Gasteiger charge is 2.11. The number of rotatable bonds is 6. The molecule has 1 unspecified atom stereocenters. The molecule has 2 aromatic rings. The second kappa shape index (κ2) is 6.91. The van der Waals surface area contributed by atoms with Crippen LogP contribution in [0.1, 0.15) is 38.8 Å². The first-order valence-corrected chi connectivity index (χ1v) is 7.60. The lowest BCUT2D eigenvalue weighted by atomic mass is 10.0. The first-order valence-electron chi connectivity index (χ1n) is 7.22. The van der Waals surface area contributed by atoms with E-state index in [1.165, 1.54) is 0 Å². The van der Waals surface area contributed by atoms with Crippen LogP contribution in [0.5, 0.6) is 0 Å². The van der Waals surface area contributed by atoms with Crippen LogP contribution in [-0.4, -0.2) is 16.3 Å². The van der Waals surface area contributed by atoms with Crippen molar-refractivity contribution in [2.45, 2.75) is 39.8 Å². The fourth-order valence-corrected chi connectivity index (χ4v) is 2.68. The van der Waals surface area contributed by atoms with Gasteiger partial charge in [0.1, 0.15) is 0 Å². The minimum Gasteiger partial charge on any atom is -0.310 e. The molecule has 1 heterocycles. The average Bonchev–Trinajstić information content (AvgIpc) is 2.93. The fourth-order valence-electron chi connectivity index (χ4n) is 2.34. The summed E-state index contributed by atoms with van der Waals surface area (Å²) in [7, 11) is 0. The van der Waals surface area contributed by atoms with E-state index in [9.17, 15) is 0 Å². The van der Waals surface area contributed by atoms with Crippen LogP contribution in [0.15, 0.2) is 30.5 Å². The standard InChI is InChI=1S/C16H22ClN3/c1-4-9-18-12(3)14-7-6-13(11-15(14)17)16-8-10-19-20(16)5-2/h6-8,10-12,18H,4-5,9H2,1-3H3. The van der Waals surface area contributed by atoms with Gasteiger partial charge < -0.3 is 5.32 Å². The van der Waals surface area contributed by atoms with Crippen LogP contribution in [0.25, 0.3) is 11.3 Å². The molecule has 1 atom stereocenters. The lowest BCUT2D eigenvalue weighted by molar-refractivity contribution is 0.571. The number of halogens is 1. The second-order valence-corrected chi connectivity index (χ2v) is 5.35. The summed E-state index contributed by atoms with van der Waals surface area (Å²) in [5.41, 5.74) is 3.36. The molecular weight excluding hydrogens is 270 g/mol. The molecule has 0 saturated carbocycles. The van der Waals surface area contributed by atoms with Gasteiger partial charge in [-0.2, -0.15) is 5.10 Å². The normalized spacial score (nSPS) is 12.6. The Hall–Kier alpha value is -1.32. The van der Waals surface area contributed by atoms with Crippen LogP contribution in [0.3, 0.4) is 0 Å². The van der Waals surface area contributed by atoms with Gasteiger partial charge in [0.25, 0.3) is 0 Å². The summed E-state index contributed by atoms with van der Waals surface area (Å²) in [6.45, 7) is 8.25. The van der Waals surface area contributed by atoms with Crippen molar-refractivity contribution in [1.29, 1.82) is 0 Å². The Labute approximate surface area is 126 Å². The Bertz CT molecular complexity index is 563. The number of hydrogen-bond donors (Lipinski definition) is 1. The summed E-state index contributed by atoms with van der Waals surface area (Å²) in [4.78, 5) is 0. The van der Waals surface area contributed by atoms with Crippen LogP contribution in [0, 0.1) is 0 Å². The number of aromatic nitrogens is 2. The van der Waals surface area contributed by atoms with Gasteiger partial charge in [0.05, 0.1) is 5.69 Å². The van der Waals surface area contributed by atoms with Gasteiger partial charge in [-0.1, -0.05) is 30.7 Å². The maximum absolute atomic E-state index is 6.45. The van der Waals surface area contributed by atoms with Crippen molar-refractivity contribution in [1.82, 2.24) is 15.1 Å². The fraction of sp³-hybridized carbons (Fsp3) is 0.438. The van der Waals surface area contributed by atoms with E-state index in [1.54, 1.807) is 0 Å². The number of nitrogens with zero attached hydrogens (tertiary/aromatic N) is 2. The maximum Gasteiger partial charge on any atom is 0.0682 e. The van der Waals surface area contributed by atoms with E-state index < -0.39 is 0 Å². The summed E-state index contributed by atoms with van der Waals surface area (Å²) in [6, 6.07) is 8.55. The molecule has 1 N–H and O–H groups in total. The minimum atomic E-state index is 0.271. The van der Waals surface area contributed by atoms with Crippen molar-refractivity contribution >= 4 is 11.6 Å². The third-order valence-electron chi connectivity index (χ3n) is 3.48. The zero-order valence-corrected chi connectivity index (χ0v) is 13.1. The van der Waals surface area contributed by atoms with E-state index in [2.05, 4.69) is 43.3 Å². The molecule has 0 fully saturated rings. The second-order valence-electron chi connectivity index (χ2n) is 4.94. The summed E-state index contributed by atoms with van der Waals surface area (Å²) in [6.07, 6.45) is 2.95. The van der Waals surface area contributed by atoms with Gasteiger partial charge in [-0.05, 0) is 44.5 Å². The van der Waals surface area contributed by atoms with E-state index in [0.717, 1.165) is 41.4 Å². The zero-order chi connectivity index (χ0) is 14.5. The predicted molar refractivity (Wildman–Crippen MR) is 85.1 cm³/mol. The molecular formula is C16H22ClN3.